The van der Waals surface area contributed by atoms with E-state index in [-0.39, 0.29) is 24.6 Å². The number of carbonyl (C=O) groups excluding carboxylic acids is 2. The van der Waals surface area contributed by atoms with E-state index in [0.29, 0.717) is 36.0 Å². The van der Waals surface area contributed by atoms with E-state index in [2.05, 4.69) is 11.9 Å². The van der Waals surface area contributed by atoms with Crippen molar-refractivity contribution in [3.63, 3.8) is 0 Å². The molecule has 0 spiro atoms. The van der Waals surface area contributed by atoms with Gasteiger partial charge >= 0.3 is 5.97 Å². The average Bonchev–Trinajstić information content (AvgIpc) is 3.13. The van der Waals surface area contributed by atoms with E-state index in [9.17, 15) is 9.59 Å². The van der Waals surface area contributed by atoms with Gasteiger partial charge < -0.3 is 19.5 Å². The van der Waals surface area contributed by atoms with Gasteiger partial charge in [0, 0.05) is 11.6 Å². The first-order valence-corrected chi connectivity index (χ1v) is 15.6. The highest BCUT2D eigenvalue weighted by molar-refractivity contribution is 5.94. The second kappa shape index (κ2) is 12.7. The molecule has 1 amide bonds. The molecule has 0 heterocycles. The van der Waals surface area contributed by atoms with Gasteiger partial charge in [0.25, 0.3) is 5.91 Å². The highest BCUT2D eigenvalue weighted by atomic mass is 16.5. The minimum atomic E-state index is -0.360. The highest BCUT2D eigenvalue weighted by Crippen LogP contribution is 2.53. The minimum Gasteiger partial charge on any atom is -0.493 e. The van der Waals surface area contributed by atoms with Crippen LogP contribution in [-0.2, 0) is 4.74 Å². The van der Waals surface area contributed by atoms with Crippen LogP contribution in [0.25, 0.3) is 0 Å². The SMILES string of the molecule is C=CCOC(=O)c1ccc(OCC2CCC(Oc3ccc(C(=O)NC4C5CC6CCCC4C(C6)C5)cc3)CC2)cc1. The molecule has 4 aliphatic rings. The molecule has 5 unspecified atom stereocenters. The molecule has 218 valence electrons. The van der Waals surface area contributed by atoms with Crippen LogP contribution in [0.3, 0.4) is 0 Å². The van der Waals surface area contributed by atoms with Crippen LogP contribution in [0.5, 0.6) is 11.5 Å². The second-order valence-electron chi connectivity index (χ2n) is 12.7. The van der Waals surface area contributed by atoms with Gasteiger partial charge in [-0.15, -0.1) is 0 Å². The Kier molecular flexibility index (Phi) is 8.64. The normalized spacial score (nSPS) is 30.2. The van der Waals surface area contributed by atoms with Crippen molar-refractivity contribution in [2.24, 2.45) is 29.6 Å². The van der Waals surface area contributed by atoms with Crippen molar-refractivity contribution in [3.8, 4) is 11.5 Å². The maximum Gasteiger partial charge on any atom is 0.338 e. The zero-order valence-corrected chi connectivity index (χ0v) is 24.0. The third-order valence-corrected chi connectivity index (χ3v) is 10.0. The molecule has 2 aromatic rings. The van der Waals surface area contributed by atoms with Crippen molar-refractivity contribution in [2.45, 2.75) is 76.4 Å². The van der Waals surface area contributed by atoms with Crippen molar-refractivity contribution in [1.82, 2.24) is 5.32 Å². The lowest BCUT2D eigenvalue weighted by atomic mass is 9.79. The number of carbonyl (C=O) groups is 2. The molecular weight excluding hydrogens is 514 g/mol. The minimum absolute atomic E-state index is 0.0685. The summed E-state index contributed by atoms with van der Waals surface area (Å²) < 4.78 is 17.3. The van der Waals surface area contributed by atoms with Gasteiger partial charge in [-0.3, -0.25) is 4.79 Å². The van der Waals surface area contributed by atoms with E-state index in [1.807, 2.05) is 36.4 Å². The van der Waals surface area contributed by atoms with Gasteiger partial charge in [-0.2, -0.15) is 0 Å². The maximum atomic E-state index is 13.1. The zero-order valence-electron chi connectivity index (χ0n) is 24.0. The molecule has 0 radical (unpaired) electrons. The molecule has 6 rings (SSSR count). The largest absolute Gasteiger partial charge is 0.493 e. The van der Waals surface area contributed by atoms with Gasteiger partial charge in [-0.25, -0.2) is 4.79 Å². The number of esters is 1. The van der Waals surface area contributed by atoms with Gasteiger partial charge in [-0.05, 0) is 129 Å². The molecule has 0 aromatic heterocycles. The Bertz CT molecular complexity index is 1200. The summed E-state index contributed by atoms with van der Waals surface area (Å²) in [5.41, 5.74) is 1.23. The Morgan fingerprint density at radius 2 is 1.54 bits per heavy atom. The van der Waals surface area contributed by atoms with Gasteiger partial charge in [0.05, 0.1) is 18.3 Å². The molecule has 0 saturated heterocycles. The first-order chi connectivity index (χ1) is 20.1. The van der Waals surface area contributed by atoms with Crippen LogP contribution in [0.2, 0.25) is 0 Å². The molecule has 6 nitrogen and oxygen atoms in total. The molecular formula is C35H43NO5. The van der Waals surface area contributed by atoms with E-state index in [1.54, 1.807) is 18.2 Å². The lowest BCUT2D eigenvalue weighted by Crippen LogP contribution is -2.42. The van der Waals surface area contributed by atoms with Gasteiger partial charge in [0.2, 0.25) is 0 Å². The van der Waals surface area contributed by atoms with Crippen LogP contribution in [0.4, 0.5) is 0 Å². The summed E-state index contributed by atoms with van der Waals surface area (Å²) >= 11 is 0. The van der Waals surface area contributed by atoms with Gasteiger partial charge in [0.15, 0.2) is 0 Å². The first-order valence-electron chi connectivity index (χ1n) is 15.6. The van der Waals surface area contributed by atoms with Crippen LogP contribution in [-0.4, -0.2) is 37.2 Å². The van der Waals surface area contributed by atoms with E-state index >= 15 is 0 Å². The summed E-state index contributed by atoms with van der Waals surface area (Å²) in [7, 11) is 0. The van der Waals surface area contributed by atoms with Crippen molar-refractivity contribution in [1.29, 1.82) is 0 Å². The predicted octanol–water partition coefficient (Wildman–Crippen LogP) is 6.99. The monoisotopic (exact) mass is 557 g/mol. The number of hydrogen-bond donors (Lipinski definition) is 1. The summed E-state index contributed by atoms with van der Waals surface area (Å²) in [6.45, 7) is 4.41. The molecule has 4 saturated carbocycles. The molecule has 2 aromatic carbocycles. The molecule has 41 heavy (non-hydrogen) atoms. The topological polar surface area (TPSA) is 73.9 Å². The Hall–Kier alpha value is -3.28. The summed E-state index contributed by atoms with van der Waals surface area (Å²) in [6.07, 6.45) is 13.8. The smallest absolute Gasteiger partial charge is 0.338 e. The Morgan fingerprint density at radius 3 is 2.29 bits per heavy atom. The third kappa shape index (κ3) is 6.63. The predicted molar refractivity (Wildman–Crippen MR) is 158 cm³/mol. The Labute approximate surface area is 243 Å². The summed E-state index contributed by atoms with van der Waals surface area (Å²) in [4.78, 5) is 25.1. The van der Waals surface area contributed by atoms with Gasteiger partial charge in [0.1, 0.15) is 18.1 Å². The third-order valence-electron chi connectivity index (χ3n) is 10.0. The standard InChI is InChI=1S/C35H43NO5/c1-2-18-39-35(38)26-10-14-29(15-11-26)40-22-23-6-12-30(13-7-23)41-31-16-8-25(9-17-31)34(37)36-33-28-20-24-4-3-5-32(33)27(19-24)21-28/h2,8-11,14-17,23-24,27-28,30,32-33H,1,3-7,12-13,18-22H2,(H,36,37). The number of rotatable bonds is 10. The molecule has 4 aliphatic carbocycles. The van der Waals surface area contributed by atoms with Crippen molar-refractivity contribution in [3.05, 3.63) is 72.3 Å². The van der Waals surface area contributed by atoms with Crippen molar-refractivity contribution in [2.75, 3.05) is 13.2 Å². The lowest BCUT2D eigenvalue weighted by Gasteiger charge is -2.30. The molecule has 1 N–H and O–H groups in total. The maximum absolute atomic E-state index is 13.1. The number of amides is 1. The number of nitrogens with one attached hydrogen (secondary N) is 1. The molecule has 0 aliphatic heterocycles. The van der Waals surface area contributed by atoms with Crippen molar-refractivity contribution >= 4 is 11.9 Å². The highest BCUT2D eigenvalue weighted by Gasteiger charge is 2.49. The second-order valence-corrected chi connectivity index (χ2v) is 12.7. The quantitative estimate of drug-likeness (QED) is 0.252. The van der Waals surface area contributed by atoms with Crippen LogP contribution < -0.4 is 14.8 Å². The fourth-order valence-electron chi connectivity index (χ4n) is 7.99. The average molecular weight is 558 g/mol. The van der Waals surface area contributed by atoms with Crippen LogP contribution in [0.15, 0.2) is 61.2 Å². The van der Waals surface area contributed by atoms with Gasteiger partial charge in [-0.1, -0.05) is 25.5 Å². The van der Waals surface area contributed by atoms with E-state index in [0.717, 1.165) is 54.6 Å². The molecule has 3 bridgehead atoms. The summed E-state index contributed by atoms with van der Waals surface area (Å²) in [5.74, 6) is 4.85. The number of fused-ring (bicyclic) bond motifs is 2. The van der Waals surface area contributed by atoms with E-state index < -0.39 is 0 Å². The summed E-state index contributed by atoms with van der Waals surface area (Å²) in [6, 6.07) is 15.2. The molecule has 6 heteroatoms. The van der Waals surface area contributed by atoms with Crippen molar-refractivity contribution < 1.29 is 23.8 Å². The van der Waals surface area contributed by atoms with Crippen LogP contribution in [0.1, 0.15) is 84.9 Å². The number of hydrogen-bond acceptors (Lipinski definition) is 5. The summed E-state index contributed by atoms with van der Waals surface area (Å²) in [5, 5.41) is 3.45. The fourth-order valence-corrected chi connectivity index (χ4v) is 7.99. The zero-order chi connectivity index (χ0) is 28.2. The van der Waals surface area contributed by atoms with Crippen LogP contribution in [0, 0.1) is 29.6 Å². The lowest BCUT2D eigenvalue weighted by molar-refractivity contribution is 0.0549. The number of benzene rings is 2. The van der Waals surface area contributed by atoms with E-state index in [1.165, 1.54) is 38.5 Å². The fraction of sp³-hybridized carbons (Fsp3) is 0.543. The Balaban J connectivity index is 0.927. The van der Waals surface area contributed by atoms with E-state index in [4.69, 9.17) is 14.2 Å². The number of ether oxygens (including phenoxy) is 3. The molecule has 4 fully saturated rings. The van der Waals surface area contributed by atoms with Crippen LogP contribution >= 0.6 is 0 Å². The Morgan fingerprint density at radius 1 is 0.829 bits per heavy atom. The molecule has 5 atom stereocenters. The first kappa shape index (κ1) is 27.9.